The van der Waals surface area contributed by atoms with Crippen molar-refractivity contribution < 1.29 is 4.74 Å². The van der Waals surface area contributed by atoms with Crippen LogP contribution in [0.5, 0.6) is 5.75 Å². The molecule has 0 atom stereocenters. The summed E-state index contributed by atoms with van der Waals surface area (Å²) in [4.78, 5) is 15.5. The summed E-state index contributed by atoms with van der Waals surface area (Å²) in [6.07, 6.45) is 1.79. The molecule has 0 bridgehead atoms. The number of likely N-dealkylation sites (N-methyl/N-ethyl adjacent to an activating group) is 1. The molecule has 2 heterocycles. The molecule has 0 radical (unpaired) electrons. The molecule has 0 saturated heterocycles. The van der Waals surface area contributed by atoms with Crippen LogP contribution in [0.3, 0.4) is 0 Å². The van der Waals surface area contributed by atoms with E-state index >= 15 is 0 Å². The smallest absolute Gasteiger partial charge is 0.163 e. The van der Waals surface area contributed by atoms with E-state index in [2.05, 4.69) is 29.9 Å². The summed E-state index contributed by atoms with van der Waals surface area (Å²) < 4.78 is 8.95. The van der Waals surface area contributed by atoms with Crippen LogP contribution in [-0.2, 0) is 0 Å². The minimum Gasteiger partial charge on any atom is -0.491 e. The fourth-order valence-electron chi connectivity index (χ4n) is 3.14. The number of hydrogen-bond acceptors (Lipinski definition) is 10. The number of benzene rings is 1. The largest absolute Gasteiger partial charge is 0.491 e. The van der Waals surface area contributed by atoms with Gasteiger partial charge < -0.3 is 30.8 Å². The Morgan fingerprint density at radius 2 is 2.00 bits per heavy atom. The maximum Gasteiger partial charge on any atom is 0.163 e. The van der Waals surface area contributed by atoms with Crippen LogP contribution in [0.15, 0.2) is 41.6 Å². The van der Waals surface area contributed by atoms with Crippen molar-refractivity contribution in [3.63, 3.8) is 0 Å². The third kappa shape index (κ3) is 7.45. The minimum atomic E-state index is 0.0853. The second-order valence-corrected chi connectivity index (χ2v) is 9.64. The zero-order valence-corrected chi connectivity index (χ0v) is 22.1. The van der Waals surface area contributed by atoms with Crippen molar-refractivity contribution >= 4 is 46.6 Å². The number of hydrogen-bond donors (Lipinski definition) is 4. The molecule has 35 heavy (non-hydrogen) atoms. The highest BCUT2D eigenvalue weighted by Crippen LogP contribution is 2.32. The molecule has 9 nitrogen and oxygen atoms in total. The average molecular weight is 515 g/mol. The third-order valence-corrected chi connectivity index (χ3v) is 5.80. The Hall–Kier alpha value is -3.08. The van der Waals surface area contributed by atoms with E-state index in [1.54, 1.807) is 19.2 Å². The number of anilines is 3. The number of nitrogens with one attached hydrogen (secondary N) is 3. The zero-order chi connectivity index (χ0) is 25.5. The summed E-state index contributed by atoms with van der Waals surface area (Å²) in [7, 11) is 3.98. The van der Waals surface area contributed by atoms with Crippen LogP contribution in [0.4, 0.5) is 17.3 Å². The van der Waals surface area contributed by atoms with E-state index in [0.29, 0.717) is 40.0 Å². The summed E-state index contributed by atoms with van der Waals surface area (Å²) >= 11 is 7.90. The molecule has 0 aliphatic heterocycles. The monoisotopic (exact) mass is 514 g/mol. The highest BCUT2D eigenvalue weighted by atomic mass is 35.5. The molecule has 0 aliphatic rings. The maximum atomic E-state index is 8.08. The fourth-order valence-corrected chi connectivity index (χ4v) is 4.10. The molecule has 0 fully saturated rings. The van der Waals surface area contributed by atoms with Crippen LogP contribution < -0.4 is 20.5 Å². The van der Waals surface area contributed by atoms with Crippen molar-refractivity contribution in [1.29, 1.82) is 5.41 Å². The van der Waals surface area contributed by atoms with E-state index in [9.17, 15) is 0 Å². The number of pyridine rings is 1. The Bertz CT molecular complexity index is 1190. The first-order valence-corrected chi connectivity index (χ1v) is 12.3. The van der Waals surface area contributed by atoms with Gasteiger partial charge in [0.25, 0.3) is 0 Å². The van der Waals surface area contributed by atoms with Gasteiger partial charge in [0.2, 0.25) is 0 Å². The molecule has 3 rings (SSSR count). The molecular formula is C24H31ClN8OS. The summed E-state index contributed by atoms with van der Waals surface area (Å²) in [5.41, 5.74) is 8.45. The van der Waals surface area contributed by atoms with Gasteiger partial charge in [0, 0.05) is 48.6 Å². The Morgan fingerprint density at radius 3 is 2.66 bits per heavy atom. The average Bonchev–Trinajstić information content (AvgIpc) is 2.77. The molecule has 0 unspecified atom stereocenters. The van der Waals surface area contributed by atoms with Gasteiger partial charge in [0.1, 0.15) is 22.4 Å². The molecule has 0 amide bonds. The zero-order valence-electron chi connectivity index (χ0n) is 20.5. The van der Waals surface area contributed by atoms with E-state index in [1.807, 2.05) is 52.2 Å². The van der Waals surface area contributed by atoms with Gasteiger partial charge in [-0.15, -0.1) is 0 Å². The van der Waals surface area contributed by atoms with Crippen LogP contribution in [0, 0.1) is 5.41 Å². The lowest BCUT2D eigenvalue weighted by atomic mass is 10.1. The van der Waals surface area contributed by atoms with Gasteiger partial charge in [-0.1, -0.05) is 11.6 Å². The van der Waals surface area contributed by atoms with Gasteiger partial charge in [0.15, 0.2) is 5.82 Å². The molecule has 0 spiro atoms. The number of halogens is 1. The molecule has 186 valence electrons. The quantitative estimate of drug-likeness (QED) is 0.205. The lowest BCUT2D eigenvalue weighted by molar-refractivity contribution is 0.241. The van der Waals surface area contributed by atoms with Crippen molar-refractivity contribution in [3.05, 3.63) is 47.1 Å². The van der Waals surface area contributed by atoms with Gasteiger partial charge in [-0.25, -0.2) is 15.0 Å². The first kappa shape index (κ1) is 26.5. The lowest BCUT2D eigenvalue weighted by Crippen LogP contribution is -2.22. The van der Waals surface area contributed by atoms with Crippen LogP contribution in [-0.4, -0.2) is 58.9 Å². The second-order valence-electron chi connectivity index (χ2n) is 8.41. The van der Waals surface area contributed by atoms with Crippen LogP contribution in [0.2, 0.25) is 5.02 Å². The highest BCUT2D eigenvalue weighted by molar-refractivity contribution is 8.00. The predicted octanol–water partition coefficient (Wildman–Crippen LogP) is 5.04. The van der Waals surface area contributed by atoms with Crippen LogP contribution in [0.25, 0.3) is 11.4 Å². The molecular weight excluding hydrogens is 484 g/mol. The summed E-state index contributed by atoms with van der Waals surface area (Å²) in [5.74, 6) is 1.97. The number of nitrogens with zero attached hydrogens (tertiary/aromatic N) is 4. The van der Waals surface area contributed by atoms with Crippen molar-refractivity contribution in [3.8, 4) is 17.1 Å². The summed E-state index contributed by atoms with van der Waals surface area (Å²) in [5, 5.41) is 12.6. The second kappa shape index (κ2) is 12.1. The Kier molecular flexibility index (Phi) is 9.13. The number of rotatable bonds is 11. The van der Waals surface area contributed by atoms with E-state index in [4.69, 9.17) is 27.5 Å². The molecule has 5 N–H and O–H groups in total. The van der Waals surface area contributed by atoms with Gasteiger partial charge in [-0.3, -0.25) is 0 Å². The first-order chi connectivity index (χ1) is 16.6. The summed E-state index contributed by atoms with van der Waals surface area (Å²) in [6, 6.07) is 9.20. The van der Waals surface area contributed by atoms with Gasteiger partial charge in [-0.2, -0.15) is 0 Å². The summed E-state index contributed by atoms with van der Waals surface area (Å²) in [6.45, 7) is 7.09. The third-order valence-electron chi connectivity index (χ3n) is 4.73. The lowest BCUT2D eigenvalue weighted by Gasteiger charge is -2.16. The predicted molar refractivity (Wildman–Crippen MR) is 146 cm³/mol. The minimum absolute atomic E-state index is 0.0853. The maximum absolute atomic E-state index is 8.08. The number of ether oxygens (including phenoxy) is 1. The first-order valence-electron chi connectivity index (χ1n) is 11.1. The number of nitrogen functional groups attached to an aromatic ring is 1. The highest BCUT2D eigenvalue weighted by Gasteiger charge is 2.16. The SMILES string of the molecule is CC(=N)c1c(N)nc(-c2ccc(NSc3cc(OC(C)C)ccn3)c(Cl)c2)nc1NCCN(C)C. The van der Waals surface area contributed by atoms with Crippen molar-refractivity contribution in [2.24, 2.45) is 0 Å². The van der Waals surface area contributed by atoms with E-state index in [0.717, 1.165) is 23.0 Å². The number of nitrogens with two attached hydrogens (primary N) is 1. The van der Waals surface area contributed by atoms with E-state index in [-0.39, 0.29) is 11.9 Å². The fraction of sp³-hybridized carbons (Fsp3) is 0.333. The number of aromatic nitrogens is 3. The van der Waals surface area contributed by atoms with Crippen LogP contribution in [0.1, 0.15) is 26.3 Å². The standard InChI is InChI=1S/C24H31ClN8OS/c1-14(2)34-17-8-9-28-20(13-17)35-32-19-7-6-16(12-18(19)25)23-30-22(27)21(15(3)26)24(31-23)29-10-11-33(4)5/h6-9,12-14,26,32H,10-11H2,1-5H3,(H3,27,29,30,31). The van der Waals surface area contributed by atoms with Gasteiger partial charge in [0.05, 0.1) is 22.4 Å². The van der Waals surface area contributed by atoms with E-state index in [1.165, 1.54) is 11.9 Å². The van der Waals surface area contributed by atoms with Crippen molar-refractivity contribution in [1.82, 2.24) is 19.9 Å². The van der Waals surface area contributed by atoms with Gasteiger partial charge >= 0.3 is 0 Å². The molecule has 0 saturated carbocycles. The van der Waals surface area contributed by atoms with Crippen molar-refractivity contribution in [2.75, 3.05) is 43.0 Å². The van der Waals surface area contributed by atoms with Gasteiger partial charge in [-0.05, 0) is 59.1 Å². The van der Waals surface area contributed by atoms with Crippen molar-refractivity contribution in [2.45, 2.75) is 31.9 Å². The van der Waals surface area contributed by atoms with Crippen LogP contribution >= 0.6 is 23.5 Å². The Labute approximate surface area is 215 Å². The molecule has 1 aromatic carbocycles. The Morgan fingerprint density at radius 1 is 1.23 bits per heavy atom. The molecule has 3 aromatic rings. The normalized spacial score (nSPS) is 11.1. The topological polar surface area (TPSA) is 125 Å². The molecule has 0 aliphatic carbocycles. The Balaban J connectivity index is 1.79. The van der Waals surface area contributed by atoms with E-state index < -0.39 is 0 Å². The molecule has 2 aromatic heterocycles. The molecule has 11 heteroatoms.